The highest BCUT2D eigenvalue weighted by atomic mass is 35.5. The van der Waals surface area contributed by atoms with E-state index in [1.807, 2.05) is 12.1 Å². The van der Waals surface area contributed by atoms with Crippen LogP contribution in [0.5, 0.6) is 5.75 Å². The fraction of sp³-hybridized carbons (Fsp3) is 0.0833. The molecular formula is C12H13ClN4O. The molecule has 2 rings (SSSR count). The Morgan fingerprint density at radius 2 is 2.00 bits per heavy atom. The Morgan fingerprint density at radius 1 is 1.22 bits per heavy atom. The number of pyridine rings is 1. The number of anilines is 3. The van der Waals surface area contributed by atoms with Gasteiger partial charge in [0.2, 0.25) is 0 Å². The molecule has 0 unspecified atom stereocenters. The van der Waals surface area contributed by atoms with Crippen LogP contribution in [-0.2, 0) is 0 Å². The molecular weight excluding hydrogens is 252 g/mol. The lowest BCUT2D eigenvalue weighted by atomic mass is 10.3. The van der Waals surface area contributed by atoms with E-state index in [0.29, 0.717) is 16.6 Å². The van der Waals surface area contributed by atoms with Crippen LogP contribution in [0.4, 0.5) is 17.2 Å². The maximum Gasteiger partial charge on any atom is 0.141 e. The highest BCUT2D eigenvalue weighted by Crippen LogP contribution is 2.28. The number of nitrogen functional groups attached to an aromatic ring is 1. The van der Waals surface area contributed by atoms with Gasteiger partial charge < -0.3 is 15.5 Å². The van der Waals surface area contributed by atoms with Crippen molar-refractivity contribution >= 4 is 28.8 Å². The number of ether oxygens (including phenoxy) is 1. The van der Waals surface area contributed by atoms with Gasteiger partial charge in [0.25, 0.3) is 0 Å². The molecule has 0 amide bonds. The van der Waals surface area contributed by atoms with Crippen molar-refractivity contribution in [2.45, 2.75) is 0 Å². The molecule has 0 atom stereocenters. The van der Waals surface area contributed by atoms with Gasteiger partial charge in [-0.2, -0.15) is 0 Å². The van der Waals surface area contributed by atoms with Gasteiger partial charge in [0.05, 0.1) is 12.1 Å². The van der Waals surface area contributed by atoms with E-state index in [1.54, 1.807) is 31.5 Å². The van der Waals surface area contributed by atoms with Crippen LogP contribution in [0.15, 0.2) is 36.5 Å². The molecule has 0 radical (unpaired) electrons. The van der Waals surface area contributed by atoms with Crippen LogP contribution in [0.2, 0.25) is 5.02 Å². The second-order valence-corrected chi connectivity index (χ2v) is 3.96. The summed E-state index contributed by atoms with van der Waals surface area (Å²) in [7, 11) is 1.58. The average Bonchev–Trinajstić information content (AvgIpc) is 2.39. The van der Waals surface area contributed by atoms with Crippen molar-refractivity contribution in [3.8, 4) is 5.75 Å². The van der Waals surface area contributed by atoms with Crippen LogP contribution >= 0.6 is 11.6 Å². The van der Waals surface area contributed by atoms with E-state index >= 15 is 0 Å². The van der Waals surface area contributed by atoms with Gasteiger partial charge in [-0.3, -0.25) is 0 Å². The topological polar surface area (TPSA) is 72.2 Å². The standard InChI is InChI=1S/C12H13ClN4O/c1-18-11-3-2-8(6-10(11)13)16-9-4-5-15-12(7-9)17-14/h2-7H,14H2,1H3,(H2,15,16,17). The SMILES string of the molecule is COc1ccc(Nc2ccnc(NN)c2)cc1Cl. The summed E-state index contributed by atoms with van der Waals surface area (Å²) in [4.78, 5) is 4.02. The van der Waals surface area contributed by atoms with E-state index in [9.17, 15) is 0 Å². The number of hydrazine groups is 1. The highest BCUT2D eigenvalue weighted by Gasteiger charge is 2.02. The molecule has 0 saturated heterocycles. The quantitative estimate of drug-likeness (QED) is 0.585. The smallest absolute Gasteiger partial charge is 0.141 e. The number of hydrogen-bond donors (Lipinski definition) is 3. The van der Waals surface area contributed by atoms with Crippen LogP contribution in [-0.4, -0.2) is 12.1 Å². The number of benzene rings is 1. The Kier molecular flexibility index (Phi) is 3.86. The summed E-state index contributed by atoms with van der Waals surface area (Å²) in [6.07, 6.45) is 1.66. The summed E-state index contributed by atoms with van der Waals surface area (Å²) >= 11 is 6.04. The molecule has 94 valence electrons. The van der Waals surface area contributed by atoms with Crippen molar-refractivity contribution < 1.29 is 4.74 Å². The molecule has 0 aliphatic heterocycles. The number of nitrogens with one attached hydrogen (secondary N) is 2. The molecule has 0 aliphatic carbocycles. The molecule has 6 heteroatoms. The molecule has 18 heavy (non-hydrogen) atoms. The summed E-state index contributed by atoms with van der Waals surface area (Å²) in [6, 6.07) is 9.09. The minimum Gasteiger partial charge on any atom is -0.495 e. The summed E-state index contributed by atoms with van der Waals surface area (Å²) in [5.41, 5.74) is 4.20. The van der Waals surface area contributed by atoms with E-state index in [2.05, 4.69) is 15.7 Å². The Bertz CT molecular complexity index is 547. The van der Waals surface area contributed by atoms with Crippen molar-refractivity contribution in [1.82, 2.24) is 4.98 Å². The van der Waals surface area contributed by atoms with Crippen molar-refractivity contribution in [3.05, 3.63) is 41.6 Å². The Hall–Kier alpha value is -1.98. The van der Waals surface area contributed by atoms with Crippen LogP contribution in [0.1, 0.15) is 0 Å². The van der Waals surface area contributed by atoms with E-state index < -0.39 is 0 Å². The first kappa shape index (κ1) is 12.5. The first-order valence-electron chi connectivity index (χ1n) is 5.26. The molecule has 0 saturated carbocycles. The van der Waals surface area contributed by atoms with Crippen molar-refractivity contribution in [3.63, 3.8) is 0 Å². The third-order valence-corrected chi connectivity index (χ3v) is 2.64. The van der Waals surface area contributed by atoms with Crippen molar-refractivity contribution in [2.75, 3.05) is 17.9 Å². The van der Waals surface area contributed by atoms with Gasteiger partial charge in [-0.1, -0.05) is 11.6 Å². The first-order valence-corrected chi connectivity index (χ1v) is 5.64. The third kappa shape index (κ3) is 2.82. The molecule has 1 aromatic heterocycles. The Labute approximate surface area is 110 Å². The van der Waals surface area contributed by atoms with Gasteiger partial charge in [0.15, 0.2) is 0 Å². The lowest BCUT2D eigenvalue weighted by molar-refractivity contribution is 0.415. The van der Waals surface area contributed by atoms with Gasteiger partial charge >= 0.3 is 0 Å². The van der Waals surface area contributed by atoms with Crippen LogP contribution in [0, 0.1) is 0 Å². The number of hydrogen-bond acceptors (Lipinski definition) is 5. The Balaban J connectivity index is 2.20. The van der Waals surface area contributed by atoms with Crippen LogP contribution in [0.25, 0.3) is 0 Å². The van der Waals surface area contributed by atoms with Crippen LogP contribution < -0.4 is 21.3 Å². The maximum atomic E-state index is 6.04. The van der Waals surface area contributed by atoms with Gasteiger partial charge in [0.1, 0.15) is 11.6 Å². The minimum atomic E-state index is 0.550. The molecule has 0 spiro atoms. The first-order chi connectivity index (χ1) is 8.72. The van der Waals surface area contributed by atoms with E-state index in [4.69, 9.17) is 22.2 Å². The van der Waals surface area contributed by atoms with Crippen molar-refractivity contribution in [2.24, 2.45) is 5.84 Å². The molecule has 0 aliphatic rings. The lowest BCUT2D eigenvalue weighted by Crippen LogP contribution is -2.08. The third-order valence-electron chi connectivity index (χ3n) is 2.35. The summed E-state index contributed by atoms with van der Waals surface area (Å²) in [6.45, 7) is 0. The molecule has 1 aromatic carbocycles. The fourth-order valence-corrected chi connectivity index (χ4v) is 1.76. The lowest BCUT2D eigenvalue weighted by Gasteiger charge is -2.09. The second-order valence-electron chi connectivity index (χ2n) is 3.55. The highest BCUT2D eigenvalue weighted by molar-refractivity contribution is 6.32. The molecule has 2 aromatic rings. The zero-order valence-corrected chi connectivity index (χ0v) is 10.5. The normalized spacial score (nSPS) is 9.94. The van der Waals surface area contributed by atoms with Gasteiger partial charge in [-0.05, 0) is 24.3 Å². The zero-order valence-electron chi connectivity index (χ0n) is 9.77. The largest absolute Gasteiger partial charge is 0.495 e. The molecule has 5 nitrogen and oxygen atoms in total. The average molecular weight is 265 g/mol. The fourth-order valence-electron chi connectivity index (χ4n) is 1.50. The predicted molar refractivity (Wildman–Crippen MR) is 73.3 cm³/mol. The maximum absolute atomic E-state index is 6.04. The predicted octanol–water partition coefficient (Wildman–Crippen LogP) is 2.77. The van der Waals surface area contributed by atoms with Gasteiger partial charge in [0, 0.05) is 23.6 Å². The second kappa shape index (κ2) is 5.57. The summed E-state index contributed by atoms with van der Waals surface area (Å²) in [5, 5.41) is 3.74. The number of methoxy groups -OCH3 is 1. The summed E-state index contributed by atoms with van der Waals surface area (Å²) < 4.78 is 5.09. The minimum absolute atomic E-state index is 0.550. The van der Waals surface area contributed by atoms with E-state index in [-0.39, 0.29) is 0 Å². The molecule has 0 bridgehead atoms. The van der Waals surface area contributed by atoms with E-state index in [1.165, 1.54) is 0 Å². The number of halogens is 1. The molecule has 1 heterocycles. The van der Waals surface area contributed by atoms with Gasteiger partial charge in [-0.25, -0.2) is 10.8 Å². The number of nitrogens with zero attached hydrogens (tertiary/aromatic N) is 1. The van der Waals surface area contributed by atoms with Crippen molar-refractivity contribution in [1.29, 1.82) is 0 Å². The molecule has 0 fully saturated rings. The monoisotopic (exact) mass is 264 g/mol. The number of nitrogens with two attached hydrogens (primary N) is 1. The number of rotatable bonds is 4. The number of aromatic nitrogens is 1. The zero-order chi connectivity index (χ0) is 13.0. The van der Waals surface area contributed by atoms with E-state index in [0.717, 1.165) is 11.4 Å². The molecule has 4 N–H and O–H groups in total. The Morgan fingerprint density at radius 3 is 2.67 bits per heavy atom. The summed E-state index contributed by atoms with van der Waals surface area (Å²) in [5.74, 6) is 6.52. The van der Waals surface area contributed by atoms with Crippen LogP contribution in [0.3, 0.4) is 0 Å². The van der Waals surface area contributed by atoms with Gasteiger partial charge in [-0.15, -0.1) is 0 Å².